The number of carboxylic acids is 1. The summed E-state index contributed by atoms with van der Waals surface area (Å²) in [6.45, 7) is 4.05. The summed E-state index contributed by atoms with van der Waals surface area (Å²) in [5, 5.41) is 12.3. The molecule has 0 aliphatic heterocycles. The second-order valence-electron chi connectivity index (χ2n) is 6.17. The molecule has 0 aromatic heterocycles. The van der Waals surface area contributed by atoms with Crippen LogP contribution < -0.4 is 5.32 Å². The minimum absolute atomic E-state index is 0.247. The number of hydrogen-bond acceptors (Lipinski definition) is 3. The molecule has 1 fully saturated rings. The molecule has 6 nitrogen and oxygen atoms in total. The van der Waals surface area contributed by atoms with Gasteiger partial charge in [-0.05, 0) is 33.4 Å². The van der Waals surface area contributed by atoms with Crippen LogP contribution in [-0.2, 0) is 4.79 Å². The average Bonchev–Trinajstić information content (AvgIpc) is 2.43. The normalized spacial score (nSPS) is 17.5. The maximum absolute atomic E-state index is 12.5. The fourth-order valence-electron chi connectivity index (χ4n) is 2.74. The zero-order chi connectivity index (χ0) is 15.9. The number of aliphatic carboxylic acids is 1. The van der Waals surface area contributed by atoms with Crippen molar-refractivity contribution in [2.45, 2.75) is 51.0 Å². The number of carbonyl (C=O) groups excluding carboxylic acids is 1. The predicted octanol–water partition coefficient (Wildman–Crippen LogP) is 1.76. The summed E-state index contributed by atoms with van der Waals surface area (Å²) in [6.07, 6.45) is 4.69. The molecule has 1 aliphatic carbocycles. The third kappa shape index (κ3) is 5.19. The van der Waals surface area contributed by atoms with Crippen molar-refractivity contribution < 1.29 is 14.7 Å². The van der Waals surface area contributed by atoms with E-state index in [0.29, 0.717) is 25.9 Å². The molecule has 0 aromatic rings. The number of rotatable bonds is 7. The zero-order valence-electron chi connectivity index (χ0n) is 13.5. The van der Waals surface area contributed by atoms with Crippen molar-refractivity contribution in [1.82, 2.24) is 15.1 Å². The fourth-order valence-corrected chi connectivity index (χ4v) is 2.74. The molecule has 21 heavy (non-hydrogen) atoms. The molecule has 0 aromatic carbocycles. The summed E-state index contributed by atoms with van der Waals surface area (Å²) >= 11 is 0. The minimum Gasteiger partial charge on any atom is -0.480 e. The van der Waals surface area contributed by atoms with Gasteiger partial charge in [0, 0.05) is 19.6 Å². The Bertz CT molecular complexity index is 352. The SMILES string of the molecule is CCCN(CCN(C)C)C(=O)NC1(C(=O)O)CCCCC1. The van der Waals surface area contributed by atoms with Crippen molar-refractivity contribution in [2.75, 3.05) is 33.7 Å². The first kappa shape index (κ1) is 17.8. The highest BCUT2D eigenvalue weighted by Crippen LogP contribution is 2.28. The van der Waals surface area contributed by atoms with Gasteiger partial charge in [0.1, 0.15) is 5.54 Å². The Hall–Kier alpha value is -1.30. The van der Waals surface area contributed by atoms with Gasteiger partial charge in [-0.25, -0.2) is 9.59 Å². The number of urea groups is 1. The van der Waals surface area contributed by atoms with E-state index in [2.05, 4.69) is 5.32 Å². The highest BCUT2D eigenvalue weighted by Gasteiger charge is 2.41. The van der Waals surface area contributed by atoms with Crippen molar-refractivity contribution in [1.29, 1.82) is 0 Å². The van der Waals surface area contributed by atoms with E-state index >= 15 is 0 Å². The summed E-state index contributed by atoms with van der Waals surface area (Å²) in [6, 6.07) is -0.247. The molecule has 0 bridgehead atoms. The largest absolute Gasteiger partial charge is 0.480 e. The van der Waals surface area contributed by atoms with Crippen LogP contribution in [0.3, 0.4) is 0 Å². The molecular formula is C15H29N3O3. The van der Waals surface area contributed by atoms with Crippen LogP contribution in [-0.4, -0.2) is 66.2 Å². The first-order chi connectivity index (χ1) is 9.91. The van der Waals surface area contributed by atoms with Crippen LogP contribution in [0.2, 0.25) is 0 Å². The Morgan fingerprint density at radius 3 is 2.19 bits per heavy atom. The summed E-state index contributed by atoms with van der Waals surface area (Å²) in [7, 11) is 3.92. The van der Waals surface area contributed by atoms with Crippen LogP contribution in [0.1, 0.15) is 45.4 Å². The summed E-state index contributed by atoms with van der Waals surface area (Å²) < 4.78 is 0. The third-order valence-corrected chi connectivity index (χ3v) is 4.06. The van der Waals surface area contributed by atoms with E-state index in [-0.39, 0.29) is 6.03 Å². The Kier molecular flexibility index (Phi) is 6.95. The highest BCUT2D eigenvalue weighted by atomic mass is 16.4. The molecule has 0 atom stereocenters. The van der Waals surface area contributed by atoms with Gasteiger partial charge in [0.25, 0.3) is 0 Å². The van der Waals surface area contributed by atoms with E-state index in [1.807, 2.05) is 25.9 Å². The molecule has 2 amide bonds. The van der Waals surface area contributed by atoms with Crippen LogP contribution in [0.15, 0.2) is 0 Å². The van der Waals surface area contributed by atoms with Gasteiger partial charge in [0.05, 0.1) is 0 Å². The van der Waals surface area contributed by atoms with Gasteiger partial charge >= 0.3 is 12.0 Å². The quantitative estimate of drug-likeness (QED) is 0.751. The lowest BCUT2D eigenvalue weighted by Crippen LogP contribution is -2.59. The standard InChI is InChI=1S/C15H29N3O3/c1-4-10-18(12-11-17(2)3)14(21)16-15(13(19)20)8-6-5-7-9-15/h4-12H2,1-3H3,(H,16,21)(H,19,20). The number of amides is 2. The first-order valence-electron chi connectivity index (χ1n) is 7.86. The van der Waals surface area contributed by atoms with Crippen molar-refractivity contribution in [3.05, 3.63) is 0 Å². The molecule has 0 radical (unpaired) electrons. The van der Waals surface area contributed by atoms with Crippen LogP contribution in [0, 0.1) is 0 Å². The second kappa shape index (κ2) is 8.22. The Balaban J connectivity index is 2.70. The van der Waals surface area contributed by atoms with Gasteiger partial charge in [0.15, 0.2) is 0 Å². The summed E-state index contributed by atoms with van der Waals surface area (Å²) in [5.74, 6) is -0.903. The van der Waals surface area contributed by atoms with Crippen molar-refractivity contribution in [3.8, 4) is 0 Å². The number of carboxylic acid groups (broad SMARTS) is 1. The number of hydrogen-bond donors (Lipinski definition) is 2. The molecule has 1 saturated carbocycles. The summed E-state index contributed by atoms with van der Waals surface area (Å²) in [5.41, 5.74) is -1.07. The predicted molar refractivity (Wildman–Crippen MR) is 82.4 cm³/mol. The Labute approximate surface area is 127 Å². The molecule has 0 saturated heterocycles. The highest BCUT2D eigenvalue weighted by molar-refractivity contribution is 5.86. The Morgan fingerprint density at radius 1 is 1.10 bits per heavy atom. The van der Waals surface area contributed by atoms with Crippen molar-refractivity contribution >= 4 is 12.0 Å². The van der Waals surface area contributed by atoms with Crippen LogP contribution >= 0.6 is 0 Å². The lowest BCUT2D eigenvalue weighted by molar-refractivity contribution is -0.146. The maximum atomic E-state index is 12.5. The maximum Gasteiger partial charge on any atom is 0.329 e. The van der Waals surface area contributed by atoms with Gasteiger partial charge < -0.3 is 20.2 Å². The van der Waals surface area contributed by atoms with Crippen LogP contribution in [0.25, 0.3) is 0 Å². The molecule has 1 aliphatic rings. The lowest BCUT2D eigenvalue weighted by atomic mass is 9.82. The van der Waals surface area contributed by atoms with Gasteiger partial charge in [-0.15, -0.1) is 0 Å². The minimum atomic E-state index is -1.07. The van der Waals surface area contributed by atoms with E-state index in [1.165, 1.54) is 0 Å². The molecule has 122 valence electrons. The van der Waals surface area contributed by atoms with Crippen molar-refractivity contribution in [2.24, 2.45) is 0 Å². The molecular weight excluding hydrogens is 270 g/mol. The average molecular weight is 299 g/mol. The molecule has 0 heterocycles. The van der Waals surface area contributed by atoms with E-state index in [9.17, 15) is 14.7 Å². The lowest BCUT2D eigenvalue weighted by Gasteiger charge is -2.36. The van der Waals surface area contributed by atoms with Gasteiger partial charge in [-0.2, -0.15) is 0 Å². The third-order valence-electron chi connectivity index (χ3n) is 4.06. The van der Waals surface area contributed by atoms with Gasteiger partial charge in [0.2, 0.25) is 0 Å². The monoisotopic (exact) mass is 299 g/mol. The van der Waals surface area contributed by atoms with E-state index in [4.69, 9.17) is 0 Å². The smallest absolute Gasteiger partial charge is 0.329 e. The molecule has 6 heteroatoms. The molecule has 0 unspecified atom stereocenters. The van der Waals surface area contributed by atoms with Gasteiger partial charge in [-0.3, -0.25) is 0 Å². The van der Waals surface area contributed by atoms with Crippen LogP contribution in [0.4, 0.5) is 4.79 Å². The van der Waals surface area contributed by atoms with E-state index < -0.39 is 11.5 Å². The number of likely N-dealkylation sites (N-methyl/N-ethyl adjacent to an activating group) is 1. The summed E-state index contributed by atoms with van der Waals surface area (Å²) in [4.78, 5) is 27.8. The number of nitrogens with one attached hydrogen (secondary N) is 1. The van der Waals surface area contributed by atoms with E-state index in [1.54, 1.807) is 4.90 Å². The number of carbonyl (C=O) groups is 2. The van der Waals surface area contributed by atoms with Crippen molar-refractivity contribution in [3.63, 3.8) is 0 Å². The fraction of sp³-hybridized carbons (Fsp3) is 0.867. The van der Waals surface area contributed by atoms with E-state index in [0.717, 1.165) is 32.2 Å². The van der Waals surface area contributed by atoms with Crippen LogP contribution in [0.5, 0.6) is 0 Å². The molecule has 1 rings (SSSR count). The van der Waals surface area contributed by atoms with Gasteiger partial charge in [-0.1, -0.05) is 26.2 Å². The zero-order valence-corrected chi connectivity index (χ0v) is 13.5. The first-order valence-corrected chi connectivity index (χ1v) is 7.86. The topological polar surface area (TPSA) is 72.9 Å². The number of nitrogens with zero attached hydrogens (tertiary/aromatic N) is 2. The second-order valence-corrected chi connectivity index (χ2v) is 6.17. The molecule has 0 spiro atoms. The Morgan fingerprint density at radius 2 is 1.71 bits per heavy atom. The molecule has 2 N–H and O–H groups in total.